The summed E-state index contributed by atoms with van der Waals surface area (Å²) in [6.07, 6.45) is 0.927. The summed E-state index contributed by atoms with van der Waals surface area (Å²) in [7, 11) is 0. The van der Waals surface area contributed by atoms with Gasteiger partial charge in [0.05, 0.1) is 13.1 Å². The third-order valence-corrected chi connectivity index (χ3v) is 6.09. The van der Waals surface area contributed by atoms with Crippen LogP contribution in [0.2, 0.25) is 5.02 Å². The third kappa shape index (κ3) is 4.83. The standard InChI is InChI=1S/C23H27ClN4O2/c1-17-6-7-19(24)14-20(17)25-22(29)15-26-10-12-27(13-11-26)16-23(30)28-9-8-18-4-2-3-5-21(18)28/h2-7,14H,8-13,15-16H2,1H3,(H,25,29). The van der Waals surface area contributed by atoms with Crippen LogP contribution in [-0.4, -0.2) is 67.4 Å². The molecule has 0 spiro atoms. The number of para-hydroxylation sites is 1. The number of nitrogens with zero attached hydrogens (tertiary/aromatic N) is 3. The van der Waals surface area contributed by atoms with Crippen LogP contribution in [0.5, 0.6) is 0 Å². The Hall–Kier alpha value is -2.41. The van der Waals surface area contributed by atoms with E-state index in [0.717, 1.165) is 56.1 Å². The van der Waals surface area contributed by atoms with Gasteiger partial charge in [-0.2, -0.15) is 0 Å². The summed E-state index contributed by atoms with van der Waals surface area (Å²) < 4.78 is 0. The van der Waals surface area contributed by atoms with Gasteiger partial charge in [-0.25, -0.2) is 0 Å². The van der Waals surface area contributed by atoms with E-state index in [-0.39, 0.29) is 11.8 Å². The second-order valence-electron chi connectivity index (χ2n) is 7.98. The number of hydrogen-bond acceptors (Lipinski definition) is 4. The molecule has 2 aromatic rings. The predicted molar refractivity (Wildman–Crippen MR) is 120 cm³/mol. The molecule has 0 unspecified atom stereocenters. The van der Waals surface area contributed by atoms with E-state index in [1.165, 1.54) is 5.56 Å². The molecule has 6 nitrogen and oxygen atoms in total. The number of anilines is 2. The first-order valence-corrected chi connectivity index (χ1v) is 10.8. The van der Waals surface area contributed by atoms with Crippen LogP contribution in [0.1, 0.15) is 11.1 Å². The average molecular weight is 427 g/mol. The number of carbonyl (C=O) groups is 2. The van der Waals surface area contributed by atoms with Crippen LogP contribution in [0, 0.1) is 6.92 Å². The van der Waals surface area contributed by atoms with Crippen molar-refractivity contribution in [2.45, 2.75) is 13.3 Å². The van der Waals surface area contributed by atoms with E-state index >= 15 is 0 Å². The number of amides is 2. The van der Waals surface area contributed by atoms with E-state index in [2.05, 4.69) is 21.2 Å². The first-order chi connectivity index (χ1) is 14.5. The van der Waals surface area contributed by atoms with Crippen molar-refractivity contribution in [2.75, 3.05) is 56.0 Å². The first kappa shape index (κ1) is 20.8. The topological polar surface area (TPSA) is 55.9 Å². The van der Waals surface area contributed by atoms with Crippen LogP contribution in [0.25, 0.3) is 0 Å². The fraction of sp³-hybridized carbons (Fsp3) is 0.391. The van der Waals surface area contributed by atoms with Crippen molar-refractivity contribution in [3.05, 3.63) is 58.6 Å². The van der Waals surface area contributed by atoms with Gasteiger partial charge in [0.2, 0.25) is 11.8 Å². The number of halogens is 1. The molecule has 0 atom stereocenters. The highest BCUT2D eigenvalue weighted by atomic mass is 35.5. The van der Waals surface area contributed by atoms with Gasteiger partial charge in [0, 0.05) is 49.1 Å². The number of nitrogens with one attached hydrogen (secondary N) is 1. The molecular formula is C23H27ClN4O2. The van der Waals surface area contributed by atoms with E-state index in [1.54, 1.807) is 6.07 Å². The van der Waals surface area contributed by atoms with Crippen LogP contribution in [0.4, 0.5) is 11.4 Å². The summed E-state index contributed by atoms with van der Waals surface area (Å²) in [4.78, 5) is 31.4. The zero-order chi connectivity index (χ0) is 21.1. The number of hydrogen-bond donors (Lipinski definition) is 1. The van der Waals surface area contributed by atoms with E-state index in [0.29, 0.717) is 18.1 Å². The lowest BCUT2D eigenvalue weighted by Gasteiger charge is -2.34. The van der Waals surface area contributed by atoms with Gasteiger partial charge in [0.1, 0.15) is 0 Å². The maximum absolute atomic E-state index is 12.8. The summed E-state index contributed by atoms with van der Waals surface area (Å²) in [5.74, 6) is 0.112. The molecule has 0 bridgehead atoms. The number of piperazine rings is 1. The molecule has 1 fully saturated rings. The quantitative estimate of drug-likeness (QED) is 0.798. The fourth-order valence-corrected chi connectivity index (χ4v) is 4.27. The molecule has 1 saturated heterocycles. The Labute approximate surface area is 182 Å². The monoisotopic (exact) mass is 426 g/mol. The van der Waals surface area contributed by atoms with E-state index < -0.39 is 0 Å². The number of rotatable bonds is 5. The highest BCUT2D eigenvalue weighted by Crippen LogP contribution is 2.27. The minimum Gasteiger partial charge on any atom is -0.325 e. The van der Waals surface area contributed by atoms with Gasteiger partial charge < -0.3 is 10.2 Å². The molecule has 2 aromatic carbocycles. The van der Waals surface area contributed by atoms with Crippen LogP contribution < -0.4 is 10.2 Å². The average Bonchev–Trinajstić information content (AvgIpc) is 3.16. The lowest BCUT2D eigenvalue weighted by atomic mass is 10.2. The molecule has 30 heavy (non-hydrogen) atoms. The number of carbonyl (C=O) groups excluding carboxylic acids is 2. The molecule has 2 aliphatic heterocycles. The Bertz CT molecular complexity index is 941. The Morgan fingerprint density at radius 3 is 2.43 bits per heavy atom. The van der Waals surface area contributed by atoms with Gasteiger partial charge in [-0.1, -0.05) is 35.9 Å². The Morgan fingerprint density at radius 2 is 1.67 bits per heavy atom. The smallest absolute Gasteiger partial charge is 0.241 e. The van der Waals surface area contributed by atoms with Gasteiger partial charge >= 0.3 is 0 Å². The minimum atomic E-state index is -0.0430. The lowest BCUT2D eigenvalue weighted by Crippen LogP contribution is -2.51. The predicted octanol–water partition coefficient (Wildman–Crippen LogP) is 2.79. The van der Waals surface area contributed by atoms with Crippen molar-refractivity contribution in [3.8, 4) is 0 Å². The van der Waals surface area contributed by atoms with Crippen LogP contribution in [0.3, 0.4) is 0 Å². The lowest BCUT2D eigenvalue weighted by molar-refractivity contribution is -0.121. The molecule has 0 aromatic heterocycles. The van der Waals surface area contributed by atoms with Crippen LogP contribution >= 0.6 is 11.6 Å². The summed E-state index contributed by atoms with van der Waals surface area (Å²) in [5, 5.41) is 3.56. The summed E-state index contributed by atoms with van der Waals surface area (Å²) in [6, 6.07) is 13.6. The zero-order valence-electron chi connectivity index (χ0n) is 17.2. The van der Waals surface area contributed by atoms with Crippen LogP contribution in [0.15, 0.2) is 42.5 Å². The van der Waals surface area contributed by atoms with E-state index in [9.17, 15) is 9.59 Å². The Balaban J connectivity index is 1.24. The van der Waals surface area contributed by atoms with E-state index in [4.69, 9.17) is 11.6 Å². The van der Waals surface area contributed by atoms with Crippen molar-refractivity contribution in [1.82, 2.24) is 9.80 Å². The molecule has 7 heteroatoms. The van der Waals surface area contributed by atoms with Crippen molar-refractivity contribution >= 4 is 34.8 Å². The molecule has 2 aliphatic rings. The molecule has 2 amide bonds. The van der Waals surface area contributed by atoms with Crippen molar-refractivity contribution in [3.63, 3.8) is 0 Å². The highest BCUT2D eigenvalue weighted by molar-refractivity contribution is 6.31. The SMILES string of the molecule is Cc1ccc(Cl)cc1NC(=O)CN1CCN(CC(=O)N2CCc3ccccc32)CC1. The Kier molecular flexibility index (Phi) is 6.37. The van der Waals surface area contributed by atoms with Crippen molar-refractivity contribution < 1.29 is 9.59 Å². The first-order valence-electron chi connectivity index (χ1n) is 10.4. The molecule has 2 heterocycles. The second-order valence-corrected chi connectivity index (χ2v) is 8.42. The number of fused-ring (bicyclic) bond motifs is 1. The third-order valence-electron chi connectivity index (χ3n) is 5.85. The number of aryl methyl sites for hydroxylation is 1. The molecule has 0 radical (unpaired) electrons. The largest absolute Gasteiger partial charge is 0.325 e. The number of benzene rings is 2. The fourth-order valence-electron chi connectivity index (χ4n) is 4.10. The highest BCUT2D eigenvalue weighted by Gasteiger charge is 2.27. The molecule has 0 aliphatic carbocycles. The normalized spacial score (nSPS) is 17.1. The summed E-state index contributed by atoms with van der Waals surface area (Å²) in [6.45, 7) is 6.58. The summed E-state index contributed by atoms with van der Waals surface area (Å²) in [5.41, 5.74) is 4.04. The van der Waals surface area contributed by atoms with Gasteiger partial charge in [0.15, 0.2) is 0 Å². The molecule has 0 saturated carbocycles. The molecule has 4 rings (SSSR count). The molecular weight excluding hydrogens is 400 g/mol. The van der Waals surface area contributed by atoms with Gasteiger partial charge in [0.25, 0.3) is 0 Å². The summed E-state index contributed by atoms with van der Waals surface area (Å²) >= 11 is 6.03. The van der Waals surface area contributed by atoms with Crippen molar-refractivity contribution in [2.24, 2.45) is 0 Å². The maximum Gasteiger partial charge on any atom is 0.241 e. The molecule has 1 N–H and O–H groups in total. The van der Waals surface area contributed by atoms with E-state index in [1.807, 2.05) is 42.2 Å². The van der Waals surface area contributed by atoms with Gasteiger partial charge in [-0.05, 0) is 42.7 Å². The second kappa shape index (κ2) is 9.16. The van der Waals surface area contributed by atoms with Crippen molar-refractivity contribution in [1.29, 1.82) is 0 Å². The molecule has 158 valence electrons. The van der Waals surface area contributed by atoms with Gasteiger partial charge in [-0.15, -0.1) is 0 Å². The van der Waals surface area contributed by atoms with Crippen LogP contribution in [-0.2, 0) is 16.0 Å². The minimum absolute atomic E-state index is 0.0430. The Morgan fingerprint density at radius 1 is 0.967 bits per heavy atom. The van der Waals surface area contributed by atoms with Gasteiger partial charge in [-0.3, -0.25) is 19.4 Å². The maximum atomic E-state index is 12.8. The zero-order valence-corrected chi connectivity index (χ0v) is 18.0.